The second kappa shape index (κ2) is 5.89. The van der Waals surface area contributed by atoms with E-state index in [0.717, 1.165) is 10.2 Å². The first-order valence-corrected chi connectivity index (χ1v) is 6.56. The third-order valence-electron chi connectivity index (χ3n) is 2.34. The van der Waals surface area contributed by atoms with E-state index in [1.165, 1.54) is 4.90 Å². The SMILES string of the molecule is CNC(C)(CO)CSc1ccccc1Br. The number of hydrogen-bond acceptors (Lipinski definition) is 3. The lowest BCUT2D eigenvalue weighted by molar-refractivity contribution is 0.200. The van der Waals surface area contributed by atoms with Crippen LogP contribution < -0.4 is 5.32 Å². The number of nitrogens with one attached hydrogen (secondary N) is 1. The molecule has 2 nitrogen and oxygen atoms in total. The second-order valence-electron chi connectivity index (χ2n) is 3.69. The standard InChI is InChI=1S/C11H16BrNOS/c1-11(7-14,13-2)8-15-10-6-4-3-5-9(10)12/h3-6,13-14H,7-8H2,1-2H3. The molecule has 4 heteroatoms. The zero-order valence-corrected chi connectivity index (χ0v) is 11.4. The Bertz CT molecular complexity index is 315. The zero-order chi connectivity index (χ0) is 11.3. The van der Waals surface area contributed by atoms with Crippen molar-refractivity contribution in [3.05, 3.63) is 28.7 Å². The minimum Gasteiger partial charge on any atom is -0.394 e. The molecule has 15 heavy (non-hydrogen) atoms. The van der Waals surface area contributed by atoms with Gasteiger partial charge < -0.3 is 10.4 Å². The first-order chi connectivity index (χ1) is 7.11. The Kier molecular flexibility index (Phi) is 5.12. The van der Waals surface area contributed by atoms with E-state index >= 15 is 0 Å². The normalized spacial score (nSPS) is 14.9. The molecule has 0 spiro atoms. The van der Waals surface area contributed by atoms with Gasteiger partial charge in [0.2, 0.25) is 0 Å². The Morgan fingerprint density at radius 2 is 2.13 bits per heavy atom. The number of aliphatic hydroxyl groups excluding tert-OH is 1. The van der Waals surface area contributed by atoms with E-state index in [-0.39, 0.29) is 12.1 Å². The van der Waals surface area contributed by atoms with Gasteiger partial charge >= 0.3 is 0 Å². The number of rotatable bonds is 5. The fraction of sp³-hybridized carbons (Fsp3) is 0.455. The van der Waals surface area contributed by atoms with Crippen LogP contribution in [0.15, 0.2) is 33.6 Å². The van der Waals surface area contributed by atoms with Crippen LogP contribution in [0.1, 0.15) is 6.92 Å². The molecular formula is C11H16BrNOS. The molecule has 1 rings (SSSR count). The summed E-state index contributed by atoms with van der Waals surface area (Å²) in [6.07, 6.45) is 0. The summed E-state index contributed by atoms with van der Waals surface area (Å²) in [5.41, 5.74) is -0.222. The van der Waals surface area contributed by atoms with Gasteiger partial charge in [-0.2, -0.15) is 0 Å². The molecule has 0 saturated carbocycles. The van der Waals surface area contributed by atoms with Crippen LogP contribution in [0.4, 0.5) is 0 Å². The molecule has 0 heterocycles. The summed E-state index contributed by atoms with van der Waals surface area (Å²) >= 11 is 5.24. The average molecular weight is 290 g/mol. The summed E-state index contributed by atoms with van der Waals surface area (Å²) < 4.78 is 1.10. The van der Waals surface area contributed by atoms with Crippen molar-refractivity contribution in [3.63, 3.8) is 0 Å². The quantitative estimate of drug-likeness (QED) is 0.817. The van der Waals surface area contributed by atoms with Crippen LogP contribution >= 0.6 is 27.7 Å². The minimum atomic E-state index is -0.222. The van der Waals surface area contributed by atoms with Gasteiger partial charge in [-0.3, -0.25) is 0 Å². The Balaban J connectivity index is 2.61. The van der Waals surface area contributed by atoms with Crippen molar-refractivity contribution >= 4 is 27.7 Å². The van der Waals surface area contributed by atoms with Gasteiger partial charge in [-0.25, -0.2) is 0 Å². The van der Waals surface area contributed by atoms with Gasteiger partial charge in [0, 0.05) is 20.7 Å². The smallest absolute Gasteiger partial charge is 0.0618 e. The lowest BCUT2D eigenvalue weighted by Crippen LogP contribution is -2.45. The van der Waals surface area contributed by atoms with E-state index in [9.17, 15) is 5.11 Å². The molecular weight excluding hydrogens is 274 g/mol. The predicted molar refractivity (Wildman–Crippen MR) is 69.4 cm³/mol. The van der Waals surface area contributed by atoms with E-state index in [0.29, 0.717) is 0 Å². The summed E-state index contributed by atoms with van der Waals surface area (Å²) in [5.74, 6) is 0.836. The highest BCUT2D eigenvalue weighted by atomic mass is 79.9. The number of aliphatic hydroxyl groups is 1. The number of halogens is 1. The molecule has 0 amide bonds. The molecule has 0 aromatic heterocycles. The summed E-state index contributed by atoms with van der Waals surface area (Å²) in [6.45, 7) is 2.15. The highest BCUT2D eigenvalue weighted by Crippen LogP contribution is 2.29. The Labute approximate surface area is 104 Å². The summed E-state index contributed by atoms with van der Waals surface area (Å²) in [4.78, 5) is 1.20. The summed E-state index contributed by atoms with van der Waals surface area (Å²) in [7, 11) is 1.87. The minimum absolute atomic E-state index is 0.140. The van der Waals surface area contributed by atoms with Crippen LogP contribution in [0.2, 0.25) is 0 Å². The van der Waals surface area contributed by atoms with E-state index in [1.807, 2.05) is 32.2 Å². The Morgan fingerprint density at radius 1 is 1.47 bits per heavy atom. The molecule has 1 atom stereocenters. The molecule has 0 aliphatic heterocycles. The van der Waals surface area contributed by atoms with Crippen molar-refractivity contribution in [3.8, 4) is 0 Å². The van der Waals surface area contributed by atoms with Crippen LogP contribution in [0.5, 0.6) is 0 Å². The number of thioether (sulfide) groups is 1. The number of likely N-dealkylation sites (N-methyl/N-ethyl adjacent to an activating group) is 1. The van der Waals surface area contributed by atoms with E-state index in [1.54, 1.807) is 11.8 Å². The lowest BCUT2D eigenvalue weighted by Gasteiger charge is -2.26. The van der Waals surface area contributed by atoms with Crippen LogP contribution in [0.3, 0.4) is 0 Å². The maximum Gasteiger partial charge on any atom is 0.0618 e. The molecule has 1 aromatic carbocycles. The van der Waals surface area contributed by atoms with E-state index in [4.69, 9.17) is 0 Å². The predicted octanol–water partition coefficient (Wildman–Crippen LogP) is 2.51. The number of benzene rings is 1. The largest absolute Gasteiger partial charge is 0.394 e. The first-order valence-electron chi connectivity index (χ1n) is 4.78. The molecule has 0 aliphatic rings. The lowest BCUT2D eigenvalue weighted by atomic mass is 10.1. The monoisotopic (exact) mass is 289 g/mol. The van der Waals surface area contributed by atoms with Crippen LogP contribution in [0, 0.1) is 0 Å². The van der Waals surface area contributed by atoms with Crippen molar-refractivity contribution in [2.45, 2.75) is 17.4 Å². The molecule has 84 valence electrons. The average Bonchev–Trinajstić information content (AvgIpc) is 2.28. The molecule has 0 bridgehead atoms. The second-order valence-corrected chi connectivity index (χ2v) is 5.56. The third-order valence-corrected chi connectivity index (χ3v) is 4.74. The third kappa shape index (κ3) is 3.79. The molecule has 2 N–H and O–H groups in total. The van der Waals surface area contributed by atoms with Gasteiger partial charge in [0.25, 0.3) is 0 Å². The molecule has 1 aromatic rings. The molecule has 0 saturated heterocycles. The fourth-order valence-electron chi connectivity index (χ4n) is 0.996. The maximum absolute atomic E-state index is 9.25. The zero-order valence-electron chi connectivity index (χ0n) is 8.96. The van der Waals surface area contributed by atoms with Gasteiger partial charge in [0.05, 0.1) is 6.61 Å². The topological polar surface area (TPSA) is 32.3 Å². The fourth-order valence-corrected chi connectivity index (χ4v) is 2.71. The van der Waals surface area contributed by atoms with Crippen molar-refractivity contribution in [2.75, 3.05) is 19.4 Å². The van der Waals surface area contributed by atoms with Crippen molar-refractivity contribution in [2.24, 2.45) is 0 Å². The van der Waals surface area contributed by atoms with Crippen LogP contribution in [-0.2, 0) is 0 Å². The van der Waals surface area contributed by atoms with Crippen molar-refractivity contribution in [1.82, 2.24) is 5.32 Å². The highest BCUT2D eigenvalue weighted by molar-refractivity contribution is 9.10. The molecule has 1 unspecified atom stereocenters. The summed E-state index contributed by atoms with van der Waals surface area (Å²) in [5, 5.41) is 12.4. The number of hydrogen-bond donors (Lipinski definition) is 2. The van der Waals surface area contributed by atoms with Crippen LogP contribution in [0.25, 0.3) is 0 Å². The van der Waals surface area contributed by atoms with E-state index < -0.39 is 0 Å². The summed E-state index contributed by atoms with van der Waals surface area (Å²) in [6, 6.07) is 8.11. The molecule has 0 fully saturated rings. The first kappa shape index (κ1) is 13.0. The van der Waals surface area contributed by atoms with Crippen molar-refractivity contribution in [1.29, 1.82) is 0 Å². The molecule has 0 radical (unpaired) electrons. The highest BCUT2D eigenvalue weighted by Gasteiger charge is 2.21. The van der Waals surface area contributed by atoms with Gasteiger partial charge in [-0.05, 0) is 42.0 Å². The Hall–Kier alpha value is -0.0300. The van der Waals surface area contributed by atoms with Gasteiger partial charge in [-0.1, -0.05) is 12.1 Å². The van der Waals surface area contributed by atoms with Gasteiger partial charge in [-0.15, -0.1) is 11.8 Å². The maximum atomic E-state index is 9.25. The van der Waals surface area contributed by atoms with Gasteiger partial charge in [0.15, 0.2) is 0 Å². The van der Waals surface area contributed by atoms with Crippen molar-refractivity contribution < 1.29 is 5.11 Å². The molecule has 0 aliphatic carbocycles. The Morgan fingerprint density at radius 3 is 2.67 bits per heavy atom. The van der Waals surface area contributed by atoms with Crippen LogP contribution in [-0.4, -0.2) is 30.1 Å². The van der Waals surface area contributed by atoms with Gasteiger partial charge in [0.1, 0.15) is 0 Å². The van der Waals surface area contributed by atoms with E-state index in [2.05, 4.69) is 27.3 Å².